The molecule has 126 valence electrons. The third-order valence-corrected chi connectivity index (χ3v) is 4.87. The van der Waals surface area contributed by atoms with Gasteiger partial charge in [-0.2, -0.15) is 4.98 Å². The van der Waals surface area contributed by atoms with Gasteiger partial charge in [0.05, 0.1) is 0 Å². The van der Waals surface area contributed by atoms with Crippen molar-refractivity contribution in [2.45, 2.75) is 25.8 Å². The lowest BCUT2D eigenvalue weighted by Crippen LogP contribution is -2.18. The molecule has 1 saturated carbocycles. The summed E-state index contributed by atoms with van der Waals surface area (Å²) >= 11 is 0. The van der Waals surface area contributed by atoms with Crippen LogP contribution in [0, 0.1) is 11.7 Å². The number of pyridine rings is 1. The molecule has 0 amide bonds. The fraction of sp³-hybridized carbons (Fsp3) is 0.278. The first-order valence-electron chi connectivity index (χ1n) is 8.42. The van der Waals surface area contributed by atoms with Crippen molar-refractivity contribution in [3.63, 3.8) is 0 Å². The van der Waals surface area contributed by atoms with Crippen LogP contribution in [0.3, 0.4) is 0 Å². The second-order valence-corrected chi connectivity index (χ2v) is 6.66. The third-order valence-electron chi connectivity index (χ3n) is 4.87. The molecule has 1 unspecified atom stereocenters. The summed E-state index contributed by atoms with van der Waals surface area (Å²) in [6.45, 7) is 2.16. The average molecular weight is 336 g/mol. The summed E-state index contributed by atoms with van der Waals surface area (Å²) in [6, 6.07) is 1.87. The van der Waals surface area contributed by atoms with E-state index in [0.717, 1.165) is 28.1 Å². The largest absolute Gasteiger partial charge is 0.351 e. The predicted molar refractivity (Wildman–Crippen MR) is 93.8 cm³/mol. The zero-order valence-electron chi connectivity index (χ0n) is 13.7. The number of nitrogens with zero attached hydrogens (tertiary/aromatic N) is 4. The molecule has 0 radical (unpaired) electrons. The molecule has 4 aromatic heterocycles. The first-order chi connectivity index (χ1) is 12.2. The second-order valence-electron chi connectivity index (χ2n) is 6.66. The van der Waals surface area contributed by atoms with Gasteiger partial charge in [-0.1, -0.05) is 0 Å². The SMILES string of the molecule is CC(Nc1ncc2c(-c3cc(F)c4nccn4c3)c[nH]c2n1)C1CC1. The molecule has 7 heteroatoms. The standard InChI is InChI=1S/C18H17FN6/c1-10(11-2-3-11)23-18-22-8-14-13(7-21-16(14)24-18)12-6-15(19)17-20-4-5-25(17)9-12/h4-11H,2-3H2,1H3,(H2,21,22,23,24). The molecule has 1 atom stereocenters. The summed E-state index contributed by atoms with van der Waals surface area (Å²) in [7, 11) is 0. The van der Waals surface area contributed by atoms with E-state index in [2.05, 4.69) is 32.2 Å². The molecule has 1 fully saturated rings. The van der Waals surface area contributed by atoms with Crippen LogP contribution in [0.25, 0.3) is 27.8 Å². The number of hydrogen-bond donors (Lipinski definition) is 2. The first-order valence-corrected chi connectivity index (χ1v) is 8.42. The third kappa shape index (κ3) is 2.43. The van der Waals surface area contributed by atoms with Crippen molar-refractivity contribution in [1.29, 1.82) is 0 Å². The molecule has 4 aromatic rings. The quantitative estimate of drug-likeness (QED) is 0.597. The lowest BCUT2D eigenvalue weighted by Gasteiger charge is -2.12. The van der Waals surface area contributed by atoms with Crippen molar-refractivity contribution in [2.75, 3.05) is 5.32 Å². The number of imidazole rings is 1. The van der Waals surface area contributed by atoms with E-state index in [1.54, 1.807) is 23.0 Å². The Balaban J connectivity index is 1.54. The normalized spacial score (nSPS) is 15.8. The van der Waals surface area contributed by atoms with Crippen molar-refractivity contribution < 1.29 is 4.39 Å². The molecule has 0 aliphatic heterocycles. The number of aromatic nitrogens is 5. The Labute approximate surface area is 143 Å². The number of rotatable bonds is 4. The Kier molecular flexibility index (Phi) is 3.03. The predicted octanol–water partition coefficient (Wildman–Crippen LogP) is 3.62. The lowest BCUT2D eigenvalue weighted by molar-refractivity contribution is 0.630. The van der Waals surface area contributed by atoms with Crippen molar-refractivity contribution in [3.8, 4) is 11.1 Å². The van der Waals surface area contributed by atoms with Gasteiger partial charge in [0.2, 0.25) is 5.95 Å². The first kappa shape index (κ1) is 14.4. The Hall–Kier alpha value is -2.96. The fourth-order valence-corrected chi connectivity index (χ4v) is 3.27. The van der Waals surface area contributed by atoms with Crippen LogP contribution in [0.5, 0.6) is 0 Å². The van der Waals surface area contributed by atoms with Crippen LogP contribution in [-0.4, -0.2) is 30.4 Å². The highest BCUT2D eigenvalue weighted by Crippen LogP contribution is 2.34. The highest BCUT2D eigenvalue weighted by atomic mass is 19.1. The van der Waals surface area contributed by atoms with E-state index in [1.165, 1.54) is 18.9 Å². The van der Waals surface area contributed by atoms with Gasteiger partial charge in [0.25, 0.3) is 0 Å². The summed E-state index contributed by atoms with van der Waals surface area (Å²) in [5.41, 5.74) is 2.68. The molecule has 6 nitrogen and oxygen atoms in total. The molecule has 4 heterocycles. The summed E-state index contributed by atoms with van der Waals surface area (Å²) in [5, 5.41) is 4.22. The Bertz CT molecular complexity index is 1080. The van der Waals surface area contributed by atoms with E-state index in [4.69, 9.17) is 0 Å². The summed E-state index contributed by atoms with van der Waals surface area (Å²) in [6.07, 6.45) is 11.3. The maximum Gasteiger partial charge on any atom is 0.224 e. The van der Waals surface area contributed by atoms with Gasteiger partial charge in [0.1, 0.15) is 5.65 Å². The van der Waals surface area contributed by atoms with Crippen LogP contribution in [0.15, 0.2) is 37.1 Å². The monoisotopic (exact) mass is 336 g/mol. The molecular formula is C18H17FN6. The molecule has 0 aromatic carbocycles. The highest BCUT2D eigenvalue weighted by Gasteiger charge is 2.28. The van der Waals surface area contributed by atoms with Crippen LogP contribution in [-0.2, 0) is 0 Å². The van der Waals surface area contributed by atoms with E-state index in [1.807, 2.05) is 12.4 Å². The van der Waals surface area contributed by atoms with Crippen LogP contribution >= 0.6 is 0 Å². The van der Waals surface area contributed by atoms with Crippen molar-refractivity contribution in [1.82, 2.24) is 24.3 Å². The molecule has 0 bridgehead atoms. The molecule has 1 aliphatic carbocycles. The maximum absolute atomic E-state index is 14.2. The summed E-state index contributed by atoms with van der Waals surface area (Å²) < 4.78 is 15.9. The van der Waals surface area contributed by atoms with Crippen LogP contribution in [0.4, 0.5) is 10.3 Å². The number of H-pyrrole nitrogens is 1. The molecule has 25 heavy (non-hydrogen) atoms. The number of nitrogens with one attached hydrogen (secondary N) is 2. The molecule has 5 rings (SSSR count). The number of anilines is 1. The van der Waals surface area contributed by atoms with Gasteiger partial charge >= 0.3 is 0 Å². The molecule has 0 spiro atoms. The lowest BCUT2D eigenvalue weighted by atomic mass is 10.1. The fourth-order valence-electron chi connectivity index (χ4n) is 3.27. The zero-order valence-corrected chi connectivity index (χ0v) is 13.7. The van der Waals surface area contributed by atoms with Gasteiger partial charge in [0, 0.05) is 53.5 Å². The van der Waals surface area contributed by atoms with Crippen molar-refractivity contribution in [2.24, 2.45) is 5.92 Å². The molecule has 1 aliphatic rings. The highest BCUT2D eigenvalue weighted by molar-refractivity contribution is 5.93. The number of aromatic amines is 1. The summed E-state index contributed by atoms with van der Waals surface area (Å²) in [5.74, 6) is 0.995. The van der Waals surface area contributed by atoms with E-state index >= 15 is 0 Å². The molecule has 2 N–H and O–H groups in total. The van der Waals surface area contributed by atoms with Gasteiger partial charge in [-0.15, -0.1) is 0 Å². The van der Waals surface area contributed by atoms with Gasteiger partial charge in [-0.05, 0) is 31.7 Å². The smallest absolute Gasteiger partial charge is 0.224 e. The van der Waals surface area contributed by atoms with Gasteiger partial charge < -0.3 is 14.7 Å². The van der Waals surface area contributed by atoms with Gasteiger partial charge in [-0.3, -0.25) is 0 Å². The number of fused-ring (bicyclic) bond motifs is 2. The van der Waals surface area contributed by atoms with Crippen molar-refractivity contribution >= 4 is 22.6 Å². The van der Waals surface area contributed by atoms with E-state index in [-0.39, 0.29) is 5.82 Å². The number of halogens is 1. The van der Waals surface area contributed by atoms with Crippen molar-refractivity contribution in [3.05, 3.63) is 42.9 Å². The number of hydrogen-bond acceptors (Lipinski definition) is 4. The topological polar surface area (TPSA) is 70.9 Å². The van der Waals surface area contributed by atoms with E-state index < -0.39 is 0 Å². The van der Waals surface area contributed by atoms with Crippen LogP contribution in [0.2, 0.25) is 0 Å². The Morgan fingerprint density at radius 3 is 3.08 bits per heavy atom. The minimum atomic E-state index is -0.352. The van der Waals surface area contributed by atoms with Crippen LogP contribution in [0.1, 0.15) is 19.8 Å². The Morgan fingerprint density at radius 2 is 2.24 bits per heavy atom. The Morgan fingerprint density at radius 1 is 1.36 bits per heavy atom. The maximum atomic E-state index is 14.2. The summed E-state index contributed by atoms with van der Waals surface area (Å²) in [4.78, 5) is 16.2. The molecule has 0 saturated heterocycles. The average Bonchev–Trinajstić information content (AvgIpc) is 3.20. The van der Waals surface area contributed by atoms with Gasteiger partial charge in [0.15, 0.2) is 11.5 Å². The van der Waals surface area contributed by atoms with Gasteiger partial charge in [-0.25, -0.2) is 14.4 Å². The second kappa shape index (κ2) is 5.27. The zero-order chi connectivity index (χ0) is 17.0. The minimum Gasteiger partial charge on any atom is -0.351 e. The minimum absolute atomic E-state index is 0.320. The van der Waals surface area contributed by atoms with Crippen LogP contribution < -0.4 is 5.32 Å². The van der Waals surface area contributed by atoms with E-state index in [9.17, 15) is 4.39 Å². The van der Waals surface area contributed by atoms with E-state index in [0.29, 0.717) is 17.6 Å². The molecular weight excluding hydrogens is 319 g/mol.